The second-order valence-electron chi connectivity index (χ2n) is 6.66. The molecule has 5 nitrogen and oxygen atoms in total. The molecule has 1 atom stereocenters. The predicted octanol–water partition coefficient (Wildman–Crippen LogP) is 3.75. The van der Waals surface area contributed by atoms with Crippen LogP contribution in [0.2, 0.25) is 0 Å². The van der Waals surface area contributed by atoms with E-state index in [0.29, 0.717) is 24.0 Å². The first-order chi connectivity index (χ1) is 12.2. The van der Waals surface area contributed by atoms with Gasteiger partial charge in [0.2, 0.25) is 5.88 Å². The van der Waals surface area contributed by atoms with Gasteiger partial charge >= 0.3 is 0 Å². The normalized spacial score (nSPS) is 16.2. The van der Waals surface area contributed by atoms with Crippen LogP contribution in [0, 0.1) is 5.92 Å². The third-order valence-electron chi connectivity index (χ3n) is 4.81. The summed E-state index contributed by atoms with van der Waals surface area (Å²) in [6.45, 7) is 2.44. The van der Waals surface area contributed by atoms with Crippen molar-refractivity contribution in [3.63, 3.8) is 0 Å². The first kappa shape index (κ1) is 17.4. The summed E-state index contributed by atoms with van der Waals surface area (Å²) in [6.07, 6.45) is 9.59. The molecule has 5 heteroatoms. The molecule has 0 aromatic carbocycles. The number of rotatable bonds is 6. The number of amides is 1. The largest absolute Gasteiger partial charge is 0.471 e. The van der Waals surface area contributed by atoms with Crippen molar-refractivity contribution in [3.8, 4) is 5.88 Å². The maximum atomic E-state index is 12.4. The molecule has 0 spiro atoms. The summed E-state index contributed by atoms with van der Waals surface area (Å²) < 4.78 is 5.56. The highest BCUT2D eigenvalue weighted by Crippen LogP contribution is 2.26. The van der Waals surface area contributed by atoms with Crippen molar-refractivity contribution in [2.24, 2.45) is 5.92 Å². The SMILES string of the molecule is C[C@@H](NC(=O)c1ccc(COc2ccccn2)nc1)C1CCCCC1. The number of carbonyl (C=O) groups is 1. The molecule has 3 rings (SSSR count). The lowest BCUT2D eigenvalue weighted by atomic mass is 9.84. The minimum absolute atomic E-state index is 0.0530. The first-order valence-corrected chi connectivity index (χ1v) is 9.02. The zero-order valence-electron chi connectivity index (χ0n) is 14.6. The van der Waals surface area contributed by atoms with Crippen molar-refractivity contribution in [2.45, 2.75) is 51.7 Å². The van der Waals surface area contributed by atoms with Crippen molar-refractivity contribution in [1.29, 1.82) is 0 Å². The van der Waals surface area contributed by atoms with Crippen LogP contribution in [0.5, 0.6) is 5.88 Å². The zero-order valence-corrected chi connectivity index (χ0v) is 14.6. The van der Waals surface area contributed by atoms with Crippen LogP contribution < -0.4 is 10.1 Å². The van der Waals surface area contributed by atoms with Crippen LogP contribution in [0.1, 0.15) is 55.1 Å². The van der Waals surface area contributed by atoms with Gasteiger partial charge < -0.3 is 10.1 Å². The van der Waals surface area contributed by atoms with Gasteiger partial charge in [0.25, 0.3) is 5.91 Å². The van der Waals surface area contributed by atoms with E-state index in [2.05, 4.69) is 22.2 Å². The van der Waals surface area contributed by atoms with E-state index >= 15 is 0 Å². The molecule has 1 aliphatic carbocycles. The van der Waals surface area contributed by atoms with Crippen LogP contribution in [-0.4, -0.2) is 21.9 Å². The van der Waals surface area contributed by atoms with E-state index in [1.54, 1.807) is 24.5 Å². The summed E-state index contributed by atoms with van der Waals surface area (Å²) >= 11 is 0. The van der Waals surface area contributed by atoms with E-state index in [0.717, 1.165) is 5.69 Å². The van der Waals surface area contributed by atoms with Gasteiger partial charge in [-0.3, -0.25) is 9.78 Å². The number of carbonyl (C=O) groups excluding carboxylic acids is 1. The molecule has 25 heavy (non-hydrogen) atoms. The number of nitrogens with one attached hydrogen (secondary N) is 1. The van der Waals surface area contributed by atoms with Crippen molar-refractivity contribution in [2.75, 3.05) is 0 Å². The zero-order chi connectivity index (χ0) is 17.5. The number of hydrogen-bond donors (Lipinski definition) is 1. The van der Waals surface area contributed by atoms with Gasteiger partial charge in [0.1, 0.15) is 6.61 Å². The van der Waals surface area contributed by atoms with E-state index in [1.165, 1.54) is 32.1 Å². The van der Waals surface area contributed by atoms with Crippen molar-refractivity contribution in [1.82, 2.24) is 15.3 Å². The Balaban J connectivity index is 1.51. The molecule has 0 aliphatic heterocycles. The van der Waals surface area contributed by atoms with Crippen molar-refractivity contribution in [3.05, 3.63) is 54.0 Å². The van der Waals surface area contributed by atoms with Gasteiger partial charge in [0.15, 0.2) is 0 Å². The summed E-state index contributed by atoms with van der Waals surface area (Å²) in [6, 6.07) is 9.34. The maximum absolute atomic E-state index is 12.4. The number of aromatic nitrogens is 2. The van der Waals surface area contributed by atoms with Gasteiger partial charge in [-0.05, 0) is 43.9 Å². The van der Waals surface area contributed by atoms with Gasteiger partial charge in [-0.2, -0.15) is 0 Å². The molecule has 1 amide bonds. The Morgan fingerprint density at radius 3 is 2.72 bits per heavy atom. The van der Waals surface area contributed by atoms with Crippen LogP contribution in [0.15, 0.2) is 42.7 Å². The number of pyridine rings is 2. The molecule has 2 aromatic heterocycles. The average molecular weight is 339 g/mol. The Morgan fingerprint density at radius 1 is 1.20 bits per heavy atom. The topological polar surface area (TPSA) is 64.1 Å². The second kappa shape index (κ2) is 8.60. The molecule has 1 saturated carbocycles. The third-order valence-corrected chi connectivity index (χ3v) is 4.81. The van der Waals surface area contributed by atoms with Gasteiger partial charge in [0, 0.05) is 24.5 Å². The lowest BCUT2D eigenvalue weighted by Gasteiger charge is -2.28. The third kappa shape index (κ3) is 5.02. The molecule has 0 saturated heterocycles. The molecule has 1 fully saturated rings. The fourth-order valence-electron chi connectivity index (χ4n) is 3.27. The Labute approximate surface area is 148 Å². The monoisotopic (exact) mass is 339 g/mol. The van der Waals surface area contributed by atoms with E-state index in [-0.39, 0.29) is 11.9 Å². The van der Waals surface area contributed by atoms with Gasteiger partial charge in [-0.15, -0.1) is 0 Å². The van der Waals surface area contributed by atoms with Gasteiger partial charge in [-0.1, -0.05) is 25.3 Å². The van der Waals surface area contributed by atoms with E-state index in [9.17, 15) is 4.79 Å². The lowest BCUT2D eigenvalue weighted by molar-refractivity contribution is 0.0919. The molecule has 0 unspecified atom stereocenters. The average Bonchev–Trinajstić information content (AvgIpc) is 2.68. The Bertz CT molecular complexity index is 667. The summed E-state index contributed by atoms with van der Waals surface area (Å²) in [7, 11) is 0. The summed E-state index contributed by atoms with van der Waals surface area (Å²) in [5.74, 6) is 1.10. The lowest BCUT2D eigenvalue weighted by Crippen LogP contribution is -2.38. The molecular formula is C20H25N3O2. The minimum Gasteiger partial charge on any atom is -0.471 e. The predicted molar refractivity (Wildman–Crippen MR) is 96.3 cm³/mol. The highest BCUT2D eigenvalue weighted by Gasteiger charge is 2.21. The fraction of sp³-hybridized carbons (Fsp3) is 0.450. The summed E-state index contributed by atoms with van der Waals surface area (Å²) in [4.78, 5) is 20.8. The molecule has 2 heterocycles. The van der Waals surface area contributed by atoms with Crippen LogP contribution in [0.25, 0.3) is 0 Å². The molecule has 132 valence electrons. The molecule has 0 radical (unpaired) electrons. The van der Waals surface area contributed by atoms with Crippen molar-refractivity contribution >= 4 is 5.91 Å². The molecule has 1 N–H and O–H groups in total. The quantitative estimate of drug-likeness (QED) is 0.870. The fourth-order valence-corrected chi connectivity index (χ4v) is 3.27. The smallest absolute Gasteiger partial charge is 0.253 e. The molecule has 0 bridgehead atoms. The summed E-state index contributed by atoms with van der Waals surface area (Å²) in [5.41, 5.74) is 1.35. The Morgan fingerprint density at radius 2 is 2.04 bits per heavy atom. The Hall–Kier alpha value is -2.43. The number of nitrogens with zero attached hydrogens (tertiary/aromatic N) is 2. The van der Waals surface area contributed by atoms with Crippen LogP contribution in [0.4, 0.5) is 0 Å². The highest BCUT2D eigenvalue weighted by atomic mass is 16.5. The van der Waals surface area contributed by atoms with Gasteiger partial charge in [0.05, 0.1) is 11.3 Å². The highest BCUT2D eigenvalue weighted by molar-refractivity contribution is 5.94. The van der Waals surface area contributed by atoms with Crippen LogP contribution in [0.3, 0.4) is 0 Å². The van der Waals surface area contributed by atoms with Gasteiger partial charge in [-0.25, -0.2) is 4.98 Å². The standard InChI is InChI=1S/C20H25N3O2/c1-15(16-7-3-2-4-8-16)23-20(24)17-10-11-18(22-13-17)14-25-19-9-5-6-12-21-19/h5-6,9-13,15-16H,2-4,7-8,14H2,1H3,(H,23,24)/t15-/m1/s1. The summed E-state index contributed by atoms with van der Waals surface area (Å²) in [5, 5.41) is 3.12. The number of ether oxygens (including phenoxy) is 1. The van der Waals surface area contributed by atoms with E-state index in [1.807, 2.05) is 18.2 Å². The van der Waals surface area contributed by atoms with E-state index < -0.39 is 0 Å². The molecule has 1 aliphatic rings. The maximum Gasteiger partial charge on any atom is 0.253 e. The van der Waals surface area contributed by atoms with Crippen molar-refractivity contribution < 1.29 is 9.53 Å². The molecule has 2 aromatic rings. The minimum atomic E-state index is -0.0530. The van der Waals surface area contributed by atoms with Crippen LogP contribution in [-0.2, 0) is 6.61 Å². The van der Waals surface area contributed by atoms with E-state index in [4.69, 9.17) is 4.74 Å². The number of hydrogen-bond acceptors (Lipinski definition) is 4. The second-order valence-corrected chi connectivity index (χ2v) is 6.66. The first-order valence-electron chi connectivity index (χ1n) is 9.02. The molecular weight excluding hydrogens is 314 g/mol. The van der Waals surface area contributed by atoms with Crippen LogP contribution >= 0.6 is 0 Å². The Kier molecular flexibility index (Phi) is 5.99.